The number of hydrogen-bond donors (Lipinski definition) is 1. The summed E-state index contributed by atoms with van der Waals surface area (Å²) >= 11 is 0. The highest BCUT2D eigenvalue weighted by Crippen LogP contribution is 2.34. The molecule has 0 aromatic rings. The van der Waals surface area contributed by atoms with Gasteiger partial charge in [-0.2, -0.15) is 0 Å². The average Bonchev–Trinajstić information content (AvgIpc) is 2.21. The van der Waals surface area contributed by atoms with Gasteiger partial charge in [-0.3, -0.25) is 14.9 Å². The zero-order valence-electron chi connectivity index (χ0n) is 11.5. The molecule has 1 aliphatic rings. The zero-order chi connectivity index (χ0) is 13.0. The van der Waals surface area contributed by atoms with Gasteiger partial charge in [-0.15, -0.1) is 0 Å². The Morgan fingerprint density at radius 3 is 2.47 bits per heavy atom. The van der Waals surface area contributed by atoms with Gasteiger partial charge in [0.1, 0.15) is 0 Å². The molecule has 3 nitrogen and oxygen atoms in total. The minimum Gasteiger partial charge on any atom is -0.296 e. The van der Waals surface area contributed by atoms with Gasteiger partial charge in [-0.25, -0.2) is 0 Å². The Morgan fingerprint density at radius 1 is 1.29 bits per heavy atom. The molecule has 1 saturated heterocycles. The molecule has 0 saturated carbocycles. The number of piperidine rings is 1. The Labute approximate surface area is 104 Å². The summed E-state index contributed by atoms with van der Waals surface area (Å²) < 4.78 is 0. The van der Waals surface area contributed by atoms with Crippen molar-refractivity contribution < 1.29 is 9.59 Å². The molecule has 1 rings (SSSR count). The predicted octanol–water partition coefficient (Wildman–Crippen LogP) is 2.75. The van der Waals surface area contributed by atoms with Crippen molar-refractivity contribution in [1.29, 1.82) is 0 Å². The number of carbonyl (C=O) groups excluding carboxylic acids is 2. The Morgan fingerprint density at radius 2 is 1.94 bits per heavy atom. The molecule has 1 aliphatic heterocycles. The number of rotatable bonds is 5. The van der Waals surface area contributed by atoms with Crippen LogP contribution in [0.3, 0.4) is 0 Å². The third-order valence-electron chi connectivity index (χ3n) is 3.74. The maximum absolute atomic E-state index is 11.9. The number of nitrogens with one attached hydrogen (secondary N) is 1. The van der Waals surface area contributed by atoms with Gasteiger partial charge in [0.25, 0.3) is 0 Å². The summed E-state index contributed by atoms with van der Waals surface area (Å²) in [6.45, 7) is 8.59. The van der Waals surface area contributed by atoms with Crippen molar-refractivity contribution >= 4 is 11.8 Å². The molecule has 0 bridgehead atoms. The molecule has 2 amide bonds. The molecule has 0 spiro atoms. The second-order valence-corrected chi connectivity index (χ2v) is 5.78. The van der Waals surface area contributed by atoms with Gasteiger partial charge in [0.2, 0.25) is 11.8 Å². The van der Waals surface area contributed by atoms with Crippen LogP contribution in [0.15, 0.2) is 0 Å². The van der Waals surface area contributed by atoms with E-state index in [-0.39, 0.29) is 23.7 Å². The van der Waals surface area contributed by atoms with E-state index in [1.54, 1.807) is 0 Å². The first kappa shape index (κ1) is 14.2. The van der Waals surface area contributed by atoms with Gasteiger partial charge < -0.3 is 0 Å². The standard InChI is InChI=1S/C14H25NO2/c1-5-6-10(4)11-8-13(16)15-14(17)12(11)7-9(2)3/h9-12H,5-8H2,1-4H3,(H,15,16,17). The van der Waals surface area contributed by atoms with Crippen LogP contribution in [-0.4, -0.2) is 11.8 Å². The molecule has 1 heterocycles. The highest BCUT2D eigenvalue weighted by molar-refractivity contribution is 5.99. The van der Waals surface area contributed by atoms with Gasteiger partial charge in [0.05, 0.1) is 0 Å². The summed E-state index contributed by atoms with van der Waals surface area (Å²) in [6.07, 6.45) is 3.61. The lowest BCUT2D eigenvalue weighted by Crippen LogP contribution is -2.48. The maximum Gasteiger partial charge on any atom is 0.229 e. The van der Waals surface area contributed by atoms with E-state index in [0.717, 1.165) is 19.3 Å². The molecule has 3 heteroatoms. The van der Waals surface area contributed by atoms with Crippen LogP contribution >= 0.6 is 0 Å². The average molecular weight is 239 g/mol. The molecule has 17 heavy (non-hydrogen) atoms. The molecule has 3 unspecified atom stereocenters. The molecular formula is C14H25NO2. The molecule has 0 aromatic carbocycles. The first-order chi connectivity index (χ1) is 7.95. The lowest BCUT2D eigenvalue weighted by Gasteiger charge is -2.35. The zero-order valence-corrected chi connectivity index (χ0v) is 11.5. The van der Waals surface area contributed by atoms with Crippen LogP contribution in [0.25, 0.3) is 0 Å². The molecule has 1 N–H and O–H groups in total. The first-order valence-electron chi connectivity index (χ1n) is 6.79. The van der Waals surface area contributed by atoms with Crippen LogP contribution in [0.2, 0.25) is 0 Å². The third-order valence-corrected chi connectivity index (χ3v) is 3.74. The van der Waals surface area contributed by atoms with Gasteiger partial charge in [-0.1, -0.05) is 40.5 Å². The topological polar surface area (TPSA) is 46.2 Å². The first-order valence-corrected chi connectivity index (χ1v) is 6.79. The van der Waals surface area contributed by atoms with Crippen LogP contribution in [0, 0.1) is 23.7 Å². The molecule has 0 aliphatic carbocycles. The van der Waals surface area contributed by atoms with Crippen LogP contribution < -0.4 is 5.32 Å². The summed E-state index contributed by atoms with van der Waals surface area (Å²) in [5.74, 6) is 1.06. The number of amides is 2. The Bertz CT molecular complexity index is 286. The third kappa shape index (κ3) is 3.83. The van der Waals surface area contributed by atoms with Crippen molar-refractivity contribution in [2.75, 3.05) is 0 Å². The summed E-state index contributed by atoms with van der Waals surface area (Å²) in [5.41, 5.74) is 0. The maximum atomic E-state index is 11.9. The van der Waals surface area contributed by atoms with Crippen molar-refractivity contribution in [3.63, 3.8) is 0 Å². The normalized spacial score (nSPS) is 27.1. The number of imide groups is 1. The minimum atomic E-state index is -0.0945. The molecule has 1 fully saturated rings. The molecular weight excluding hydrogens is 214 g/mol. The van der Waals surface area contributed by atoms with Crippen molar-refractivity contribution in [2.45, 2.75) is 53.4 Å². The van der Waals surface area contributed by atoms with E-state index < -0.39 is 0 Å². The van der Waals surface area contributed by atoms with Crippen LogP contribution in [0.4, 0.5) is 0 Å². The quantitative estimate of drug-likeness (QED) is 0.750. The lowest BCUT2D eigenvalue weighted by atomic mass is 9.73. The second kappa shape index (κ2) is 6.18. The summed E-state index contributed by atoms with van der Waals surface area (Å²) in [4.78, 5) is 23.4. The van der Waals surface area contributed by atoms with Crippen LogP contribution in [0.1, 0.15) is 53.4 Å². The van der Waals surface area contributed by atoms with E-state index in [0.29, 0.717) is 18.3 Å². The fourth-order valence-corrected chi connectivity index (χ4v) is 2.89. The number of hydrogen-bond acceptors (Lipinski definition) is 2. The van der Waals surface area contributed by atoms with E-state index in [1.807, 2.05) is 0 Å². The van der Waals surface area contributed by atoms with E-state index in [4.69, 9.17) is 0 Å². The number of carbonyl (C=O) groups is 2. The second-order valence-electron chi connectivity index (χ2n) is 5.78. The summed E-state index contributed by atoms with van der Waals surface area (Å²) in [5, 5.41) is 2.48. The van der Waals surface area contributed by atoms with Gasteiger partial charge >= 0.3 is 0 Å². The fourth-order valence-electron chi connectivity index (χ4n) is 2.89. The van der Waals surface area contributed by atoms with E-state index in [9.17, 15) is 9.59 Å². The Kier molecular flexibility index (Phi) is 5.16. The minimum absolute atomic E-state index is 0.0225. The van der Waals surface area contributed by atoms with E-state index in [2.05, 4.69) is 33.0 Å². The fraction of sp³-hybridized carbons (Fsp3) is 0.857. The predicted molar refractivity (Wildman–Crippen MR) is 68.3 cm³/mol. The molecule has 0 radical (unpaired) electrons. The molecule has 0 aromatic heterocycles. The smallest absolute Gasteiger partial charge is 0.229 e. The SMILES string of the molecule is CCCC(C)C1CC(=O)NC(=O)C1CC(C)C. The van der Waals surface area contributed by atoms with Gasteiger partial charge in [0, 0.05) is 12.3 Å². The van der Waals surface area contributed by atoms with Crippen molar-refractivity contribution in [3.05, 3.63) is 0 Å². The largest absolute Gasteiger partial charge is 0.296 e. The van der Waals surface area contributed by atoms with Gasteiger partial charge in [0.15, 0.2) is 0 Å². The van der Waals surface area contributed by atoms with E-state index in [1.165, 1.54) is 0 Å². The monoisotopic (exact) mass is 239 g/mol. The highest BCUT2D eigenvalue weighted by atomic mass is 16.2. The lowest BCUT2D eigenvalue weighted by molar-refractivity contribution is -0.140. The van der Waals surface area contributed by atoms with Crippen molar-refractivity contribution in [2.24, 2.45) is 23.7 Å². The Balaban J connectivity index is 2.78. The van der Waals surface area contributed by atoms with Crippen LogP contribution in [-0.2, 0) is 9.59 Å². The molecule has 3 atom stereocenters. The highest BCUT2D eigenvalue weighted by Gasteiger charge is 2.38. The van der Waals surface area contributed by atoms with E-state index >= 15 is 0 Å². The summed E-state index contributed by atoms with van der Waals surface area (Å²) in [7, 11) is 0. The molecule has 98 valence electrons. The van der Waals surface area contributed by atoms with Crippen molar-refractivity contribution in [3.8, 4) is 0 Å². The van der Waals surface area contributed by atoms with Crippen LogP contribution in [0.5, 0.6) is 0 Å². The Hall–Kier alpha value is -0.860. The van der Waals surface area contributed by atoms with Crippen molar-refractivity contribution in [1.82, 2.24) is 5.32 Å². The van der Waals surface area contributed by atoms with Gasteiger partial charge in [-0.05, 0) is 24.2 Å². The summed E-state index contributed by atoms with van der Waals surface area (Å²) in [6, 6.07) is 0.